The summed E-state index contributed by atoms with van der Waals surface area (Å²) in [6.07, 6.45) is 0.565. The van der Waals surface area contributed by atoms with Crippen molar-refractivity contribution in [2.45, 2.75) is 77.7 Å². The molecule has 3 aromatic rings. The number of aryl methyl sites for hydroxylation is 2. The molecule has 322 valence electrons. The minimum atomic E-state index is -0.873. The van der Waals surface area contributed by atoms with Crippen LogP contribution in [-0.2, 0) is 19.1 Å². The molecule has 0 saturated carbocycles. The number of morpholine rings is 2. The lowest BCUT2D eigenvalue weighted by atomic mass is 9.98. The molecule has 0 spiro atoms. The number of carboxylic acids is 2. The van der Waals surface area contributed by atoms with Crippen LogP contribution >= 0.6 is 23.5 Å². The Morgan fingerprint density at radius 2 is 1.03 bits per heavy atom. The summed E-state index contributed by atoms with van der Waals surface area (Å²) in [5.74, 6) is 0.252. The van der Waals surface area contributed by atoms with E-state index in [1.807, 2.05) is 43.4 Å². The van der Waals surface area contributed by atoms with Gasteiger partial charge in [-0.1, -0.05) is 0 Å². The van der Waals surface area contributed by atoms with Crippen molar-refractivity contribution in [3.05, 3.63) is 69.3 Å². The molecule has 8 bridgehead atoms. The third-order valence-corrected chi connectivity index (χ3v) is 14.7. The Balaban J connectivity index is 1.41. The fourth-order valence-corrected chi connectivity index (χ4v) is 11.2. The zero-order chi connectivity index (χ0) is 42.5. The number of carbonyl (C=O) groups is 2. The van der Waals surface area contributed by atoms with E-state index in [1.165, 1.54) is 16.7 Å². The molecule has 2 saturated heterocycles. The van der Waals surface area contributed by atoms with Crippen LogP contribution in [0.2, 0.25) is 0 Å². The summed E-state index contributed by atoms with van der Waals surface area (Å²) in [4.78, 5) is 46.7. The highest BCUT2D eigenvalue weighted by molar-refractivity contribution is 7.99. The Hall–Kier alpha value is -3.92. The lowest BCUT2D eigenvalue weighted by Gasteiger charge is -2.26. The molecule has 0 amide bonds. The van der Waals surface area contributed by atoms with E-state index in [9.17, 15) is 19.8 Å². The molecule has 2 atom stereocenters. The van der Waals surface area contributed by atoms with Gasteiger partial charge in [0.2, 0.25) is 0 Å². The van der Waals surface area contributed by atoms with Crippen LogP contribution in [0.3, 0.4) is 0 Å². The second-order valence-electron chi connectivity index (χ2n) is 16.3. The maximum atomic E-state index is 11.9. The molecule has 0 radical (unpaired) electrons. The number of aromatic amines is 2. The molecular formula is C46H60N6O6S2. The van der Waals surface area contributed by atoms with E-state index in [0.717, 1.165) is 139 Å². The molecule has 7 rings (SSSR count). The molecule has 7 heterocycles. The van der Waals surface area contributed by atoms with Crippen molar-refractivity contribution < 1.29 is 29.3 Å². The summed E-state index contributed by atoms with van der Waals surface area (Å²) in [6.45, 7) is 22.1. The van der Waals surface area contributed by atoms with E-state index in [-0.39, 0.29) is 23.3 Å². The molecule has 4 N–H and O–H groups in total. The predicted octanol–water partition coefficient (Wildman–Crippen LogP) is 8.78. The molecule has 60 heavy (non-hydrogen) atoms. The van der Waals surface area contributed by atoms with E-state index >= 15 is 0 Å². The van der Waals surface area contributed by atoms with Crippen LogP contribution in [-0.4, -0.2) is 129 Å². The van der Waals surface area contributed by atoms with Gasteiger partial charge < -0.3 is 29.7 Å². The minimum absolute atomic E-state index is 0.0329. The van der Waals surface area contributed by atoms with E-state index in [2.05, 4.69) is 65.7 Å². The summed E-state index contributed by atoms with van der Waals surface area (Å²) in [7, 11) is 0. The van der Waals surface area contributed by atoms with Gasteiger partial charge in [0.15, 0.2) is 0 Å². The highest BCUT2D eigenvalue weighted by Gasteiger charge is 2.25. The number of allylic oxidation sites excluding steroid dienone is 4. The average molecular weight is 857 g/mol. The van der Waals surface area contributed by atoms with Crippen molar-refractivity contribution >= 4 is 79.8 Å². The van der Waals surface area contributed by atoms with Crippen LogP contribution in [0.5, 0.6) is 0 Å². The molecule has 14 heteroatoms. The standard InChI is InChI=1S/C46H60N6O6S2/c1-27-33(7-9-43(53)54)39-26-40-34(8-10-44(55)56)28(2)36(48-40)24-41-46(32(6)60-22-16-52-13-19-58-20-14-52)30(4)38(50-41)25-42-45(29(3)37(49-42)23-35(27)47-39)31(5)59-21-15-51-11-17-57-18-12-51/h23-26,31-32,49-50H,7-22H2,1-6H3,(H,53,54)(H,55,56). The Kier molecular flexibility index (Phi) is 14.6. The summed E-state index contributed by atoms with van der Waals surface area (Å²) in [6, 6.07) is 8.43. The van der Waals surface area contributed by atoms with Crippen molar-refractivity contribution in [3.63, 3.8) is 0 Å². The Morgan fingerprint density at radius 3 is 1.47 bits per heavy atom. The molecule has 12 nitrogen and oxygen atoms in total. The first-order chi connectivity index (χ1) is 28.9. The summed E-state index contributed by atoms with van der Waals surface area (Å²) < 4.78 is 11.2. The topological polar surface area (TPSA) is 157 Å². The molecule has 0 aliphatic carbocycles. The third-order valence-electron chi connectivity index (χ3n) is 12.4. The van der Waals surface area contributed by atoms with Crippen LogP contribution in [0.4, 0.5) is 0 Å². The van der Waals surface area contributed by atoms with Crippen LogP contribution in [0, 0.1) is 13.8 Å². The summed E-state index contributed by atoms with van der Waals surface area (Å²) in [5.41, 5.74) is 15.4. The zero-order valence-electron chi connectivity index (χ0n) is 35.9. The number of H-pyrrole nitrogens is 2. The van der Waals surface area contributed by atoms with E-state index in [0.29, 0.717) is 24.2 Å². The van der Waals surface area contributed by atoms with Crippen LogP contribution in [0.15, 0.2) is 24.3 Å². The number of thioether (sulfide) groups is 2. The lowest BCUT2D eigenvalue weighted by Crippen LogP contribution is -2.37. The van der Waals surface area contributed by atoms with Crippen molar-refractivity contribution in [1.29, 1.82) is 0 Å². The molecule has 4 aliphatic rings. The average Bonchev–Trinajstić information content (AvgIpc) is 3.89. The lowest BCUT2D eigenvalue weighted by molar-refractivity contribution is -0.137. The van der Waals surface area contributed by atoms with Gasteiger partial charge in [-0.15, -0.1) is 0 Å². The first-order valence-electron chi connectivity index (χ1n) is 21.3. The van der Waals surface area contributed by atoms with E-state index in [1.54, 1.807) is 0 Å². The number of hydrogen-bond donors (Lipinski definition) is 4. The first kappa shape index (κ1) is 44.1. The van der Waals surface area contributed by atoms with Crippen LogP contribution < -0.4 is 0 Å². The molecule has 2 fully saturated rings. The first-order valence-corrected chi connectivity index (χ1v) is 23.4. The fourth-order valence-electron chi connectivity index (χ4n) is 8.82. The van der Waals surface area contributed by atoms with Crippen LogP contribution in [0.1, 0.15) is 109 Å². The number of aromatic nitrogens is 4. The fraction of sp³-hybridized carbons (Fsp3) is 0.522. The van der Waals surface area contributed by atoms with Gasteiger partial charge in [-0.25, -0.2) is 9.97 Å². The third kappa shape index (κ3) is 10.2. The van der Waals surface area contributed by atoms with Gasteiger partial charge >= 0.3 is 11.9 Å². The zero-order valence-corrected chi connectivity index (χ0v) is 37.5. The quantitative estimate of drug-likeness (QED) is 0.109. The summed E-state index contributed by atoms with van der Waals surface area (Å²) >= 11 is 3.92. The number of nitrogens with one attached hydrogen (secondary N) is 2. The monoisotopic (exact) mass is 856 g/mol. The van der Waals surface area contributed by atoms with E-state index in [4.69, 9.17) is 19.4 Å². The molecular weight excluding hydrogens is 797 g/mol. The number of carboxylic acid groups (broad SMARTS) is 2. The number of nitrogens with zero attached hydrogens (tertiary/aromatic N) is 4. The molecule has 3 aromatic heterocycles. The van der Waals surface area contributed by atoms with Gasteiger partial charge in [0.1, 0.15) is 0 Å². The van der Waals surface area contributed by atoms with Crippen molar-refractivity contribution in [2.24, 2.45) is 0 Å². The Morgan fingerprint density at radius 1 is 0.633 bits per heavy atom. The predicted molar refractivity (Wildman–Crippen MR) is 245 cm³/mol. The highest BCUT2D eigenvalue weighted by atomic mass is 32.2. The van der Waals surface area contributed by atoms with Crippen molar-refractivity contribution in [3.8, 4) is 0 Å². The minimum Gasteiger partial charge on any atom is -0.481 e. The second-order valence-corrected chi connectivity index (χ2v) is 19.1. The van der Waals surface area contributed by atoms with Crippen LogP contribution in [0.25, 0.3) is 44.4 Å². The Bertz CT molecular complexity index is 2320. The van der Waals surface area contributed by atoms with Crippen molar-refractivity contribution in [2.75, 3.05) is 77.2 Å². The molecule has 2 unspecified atom stereocenters. The van der Waals surface area contributed by atoms with Gasteiger partial charge in [-0.05, 0) is 123 Å². The normalized spacial score (nSPS) is 17.7. The SMILES string of the molecule is CC1=C(CCC(=O)O)c2cc3nc(cc4[nH]c(cc5[nH]c(cc1n2)c(C)c5C(C)SCCN1CCOCC1)c(C)c4C(C)SCCN1CCOCC1)C(C)=C3CCC(=O)O. The number of rotatable bonds is 16. The maximum absolute atomic E-state index is 11.9. The highest BCUT2D eigenvalue weighted by Crippen LogP contribution is 2.41. The van der Waals surface area contributed by atoms with E-state index < -0.39 is 11.9 Å². The number of fused-ring (bicyclic) bond motifs is 8. The van der Waals surface area contributed by atoms with Gasteiger partial charge in [-0.2, -0.15) is 23.5 Å². The smallest absolute Gasteiger partial charge is 0.303 e. The molecule has 0 aromatic carbocycles. The van der Waals surface area contributed by atoms with Gasteiger partial charge in [0.25, 0.3) is 0 Å². The Labute approximate surface area is 361 Å². The van der Waals surface area contributed by atoms with Gasteiger partial charge in [-0.3, -0.25) is 19.4 Å². The number of hydrogen-bond acceptors (Lipinski definition) is 10. The second kappa shape index (κ2) is 19.9. The van der Waals surface area contributed by atoms with Gasteiger partial charge in [0.05, 0.1) is 49.2 Å². The van der Waals surface area contributed by atoms with Gasteiger partial charge in [0, 0.05) is 96.2 Å². The molecule has 4 aliphatic heterocycles. The largest absolute Gasteiger partial charge is 0.481 e. The number of ether oxygens (including phenoxy) is 2. The summed E-state index contributed by atoms with van der Waals surface area (Å²) in [5, 5.41) is 19.9. The number of aliphatic carboxylic acids is 2. The maximum Gasteiger partial charge on any atom is 0.303 e. The van der Waals surface area contributed by atoms with Crippen molar-refractivity contribution in [1.82, 2.24) is 29.7 Å².